The standard InChI is InChI=1S/C13H13FN2O2/c1-8-2-3-10(11(14)6-8)13-15-12(16-18-13)9-4-5-17-7-9/h2-3,6,9H,4-5,7H2,1H3/t9-/m0/s1. The van der Waals surface area contributed by atoms with Crippen LogP contribution in [0.25, 0.3) is 11.5 Å². The van der Waals surface area contributed by atoms with Crippen LogP contribution in [0.1, 0.15) is 23.7 Å². The number of aromatic nitrogens is 2. The lowest BCUT2D eigenvalue weighted by Crippen LogP contribution is -1.99. The molecular formula is C13H13FN2O2. The lowest BCUT2D eigenvalue weighted by atomic mass is 10.1. The molecule has 1 saturated heterocycles. The molecule has 0 amide bonds. The SMILES string of the molecule is Cc1ccc(-c2nc([C@H]3CCOC3)no2)c(F)c1. The zero-order valence-corrected chi connectivity index (χ0v) is 10.0. The van der Waals surface area contributed by atoms with Crippen molar-refractivity contribution in [3.05, 3.63) is 35.4 Å². The zero-order valence-electron chi connectivity index (χ0n) is 10.0. The van der Waals surface area contributed by atoms with E-state index in [9.17, 15) is 4.39 Å². The van der Waals surface area contributed by atoms with E-state index in [-0.39, 0.29) is 17.6 Å². The third-order valence-corrected chi connectivity index (χ3v) is 3.09. The molecule has 0 unspecified atom stereocenters. The maximum Gasteiger partial charge on any atom is 0.260 e. The highest BCUT2D eigenvalue weighted by Crippen LogP contribution is 2.27. The molecule has 1 fully saturated rings. The average molecular weight is 248 g/mol. The van der Waals surface area contributed by atoms with Crippen LogP contribution in [0.15, 0.2) is 22.7 Å². The van der Waals surface area contributed by atoms with Gasteiger partial charge in [0, 0.05) is 12.5 Å². The van der Waals surface area contributed by atoms with Crippen LogP contribution >= 0.6 is 0 Å². The second kappa shape index (κ2) is 4.49. The van der Waals surface area contributed by atoms with Gasteiger partial charge in [-0.25, -0.2) is 4.39 Å². The second-order valence-corrected chi connectivity index (χ2v) is 4.50. The van der Waals surface area contributed by atoms with Crippen molar-refractivity contribution in [1.82, 2.24) is 10.1 Å². The largest absolute Gasteiger partial charge is 0.381 e. The molecule has 4 nitrogen and oxygen atoms in total. The van der Waals surface area contributed by atoms with Gasteiger partial charge in [-0.05, 0) is 31.0 Å². The minimum Gasteiger partial charge on any atom is -0.381 e. The first-order valence-electron chi connectivity index (χ1n) is 5.92. The number of benzene rings is 1. The Labute approximate surface area is 104 Å². The van der Waals surface area contributed by atoms with Crippen molar-refractivity contribution >= 4 is 0 Å². The highest BCUT2D eigenvalue weighted by atomic mass is 19.1. The molecule has 94 valence electrons. The van der Waals surface area contributed by atoms with Gasteiger partial charge in [0.05, 0.1) is 12.2 Å². The summed E-state index contributed by atoms with van der Waals surface area (Å²) >= 11 is 0. The summed E-state index contributed by atoms with van der Waals surface area (Å²) in [4.78, 5) is 4.26. The second-order valence-electron chi connectivity index (χ2n) is 4.50. The monoisotopic (exact) mass is 248 g/mol. The summed E-state index contributed by atoms with van der Waals surface area (Å²) in [6, 6.07) is 4.94. The first-order chi connectivity index (χ1) is 8.74. The van der Waals surface area contributed by atoms with Gasteiger partial charge in [0.2, 0.25) is 0 Å². The summed E-state index contributed by atoms with van der Waals surface area (Å²) in [5, 5.41) is 3.91. The molecular weight excluding hydrogens is 235 g/mol. The molecule has 1 atom stereocenters. The lowest BCUT2D eigenvalue weighted by molar-refractivity contribution is 0.192. The predicted octanol–water partition coefficient (Wildman–Crippen LogP) is 2.69. The highest BCUT2D eigenvalue weighted by Gasteiger charge is 2.24. The Morgan fingerprint density at radius 2 is 2.28 bits per heavy atom. The molecule has 0 bridgehead atoms. The van der Waals surface area contributed by atoms with Crippen molar-refractivity contribution < 1.29 is 13.7 Å². The summed E-state index contributed by atoms with van der Waals surface area (Å²) < 4.78 is 24.2. The van der Waals surface area contributed by atoms with Gasteiger partial charge in [0.15, 0.2) is 5.82 Å². The molecule has 5 heteroatoms. The van der Waals surface area contributed by atoms with Crippen LogP contribution in [-0.4, -0.2) is 23.4 Å². The van der Waals surface area contributed by atoms with Gasteiger partial charge in [0.25, 0.3) is 5.89 Å². The quantitative estimate of drug-likeness (QED) is 0.819. The van der Waals surface area contributed by atoms with E-state index in [2.05, 4.69) is 10.1 Å². The minimum absolute atomic E-state index is 0.163. The van der Waals surface area contributed by atoms with Gasteiger partial charge in [-0.1, -0.05) is 11.2 Å². The zero-order chi connectivity index (χ0) is 12.5. The number of ether oxygens (including phenoxy) is 1. The van der Waals surface area contributed by atoms with Crippen LogP contribution in [0.2, 0.25) is 0 Å². The molecule has 2 heterocycles. The van der Waals surface area contributed by atoms with E-state index in [4.69, 9.17) is 9.26 Å². The van der Waals surface area contributed by atoms with E-state index in [1.54, 1.807) is 6.07 Å². The van der Waals surface area contributed by atoms with E-state index in [1.165, 1.54) is 6.07 Å². The summed E-state index contributed by atoms with van der Waals surface area (Å²) in [7, 11) is 0. The third kappa shape index (κ3) is 2.01. The van der Waals surface area contributed by atoms with E-state index < -0.39 is 0 Å². The Hall–Kier alpha value is -1.75. The van der Waals surface area contributed by atoms with Crippen LogP contribution in [0.5, 0.6) is 0 Å². The van der Waals surface area contributed by atoms with Crippen molar-refractivity contribution in [3.8, 4) is 11.5 Å². The molecule has 0 N–H and O–H groups in total. The highest BCUT2D eigenvalue weighted by molar-refractivity contribution is 5.54. The van der Waals surface area contributed by atoms with Gasteiger partial charge in [-0.3, -0.25) is 0 Å². The number of aryl methyl sites for hydroxylation is 1. The van der Waals surface area contributed by atoms with Crippen LogP contribution in [0.3, 0.4) is 0 Å². The van der Waals surface area contributed by atoms with Crippen LogP contribution in [0, 0.1) is 12.7 Å². The van der Waals surface area contributed by atoms with Crippen molar-refractivity contribution in [3.63, 3.8) is 0 Å². The minimum atomic E-state index is -0.340. The van der Waals surface area contributed by atoms with Crippen molar-refractivity contribution in [1.29, 1.82) is 0 Å². The fourth-order valence-corrected chi connectivity index (χ4v) is 2.04. The molecule has 18 heavy (non-hydrogen) atoms. The number of hydrogen-bond donors (Lipinski definition) is 0. The predicted molar refractivity (Wildman–Crippen MR) is 62.6 cm³/mol. The molecule has 0 spiro atoms. The first-order valence-corrected chi connectivity index (χ1v) is 5.92. The molecule has 3 rings (SSSR count). The summed E-state index contributed by atoms with van der Waals surface area (Å²) in [5.41, 5.74) is 1.21. The molecule has 1 aliphatic heterocycles. The van der Waals surface area contributed by atoms with Crippen LogP contribution in [-0.2, 0) is 4.74 Å². The van der Waals surface area contributed by atoms with E-state index in [1.807, 2.05) is 13.0 Å². The van der Waals surface area contributed by atoms with E-state index in [0.29, 0.717) is 24.6 Å². The molecule has 0 aliphatic carbocycles. The third-order valence-electron chi connectivity index (χ3n) is 3.09. The summed E-state index contributed by atoms with van der Waals surface area (Å²) in [5.74, 6) is 0.653. The van der Waals surface area contributed by atoms with E-state index >= 15 is 0 Å². The number of hydrogen-bond acceptors (Lipinski definition) is 4. The maximum atomic E-state index is 13.8. The molecule has 1 aliphatic rings. The Morgan fingerprint density at radius 1 is 1.39 bits per heavy atom. The Kier molecular flexibility index (Phi) is 2.83. The smallest absolute Gasteiger partial charge is 0.260 e. The van der Waals surface area contributed by atoms with Crippen molar-refractivity contribution in [2.45, 2.75) is 19.3 Å². The topological polar surface area (TPSA) is 48.2 Å². The molecule has 2 aromatic rings. The fraction of sp³-hybridized carbons (Fsp3) is 0.385. The summed E-state index contributed by atoms with van der Waals surface area (Å²) in [6.07, 6.45) is 0.884. The van der Waals surface area contributed by atoms with Gasteiger partial charge in [-0.2, -0.15) is 4.98 Å². The molecule has 0 saturated carbocycles. The van der Waals surface area contributed by atoms with E-state index in [0.717, 1.165) is 12.0 Å². The number of rotatable bonds is 2. The van der Waals surface area contributed by atoms with Crippen LogP contribution in [0.4, 0.5) is 4.39 Å². The Balaban J connectivity index is 1.92. The van der Waals surface area contributed by atoms with Gasteiger partial charge >= 0.3 is 0 Å². The van der Waals surface area contributed by atoms with Gasteiger partial charge in [-0.15, -0.1) is 0 Å². The molecule has 0 radical (unpaired) electrons. The lowest BCUT2D eigenvalue weighted by Gasteiger charge is -1.99. The average Bonchev–Trinajstić information content (AvgIpc) is 2.99. The molecule has 1 aromatic carbocycles. The van der Waals surface area contributed by atoms with Gasteiger partial charge in [0.1, 0.15) is 5.82 Å². The van der Waals surface area contributed by atoms with Crippen molar-refractivity contribution in [2.75, 3.05) is 13.2 Å². The Morgan fingerprint density at radius 3 is 3.00 bits per heavy atom. The number of halogens is 1. The van der Waals surface area contributed by atoms with Gasteiger partial charge < -0.3 is 9.26 Å². The first kappa shape index (κ1) is 11.3. The Bertz CT molecular complexity index is 562. The van der Waals surface area contributed by atoms with Crippen molar-refractivity contribution in [2.24, 2.45) is 0 Å². The maximum absolute atomic E-state index is 13.8. The van der Waals surface area contributed by atoms with Crippen LogP contribution < -0.4 is 0 Å². The fourth-order valence-electron chi connectivity index (χ4n) is 2.04. The number of nitrogens with zero attached hydrogens (tertiary/aromatic N) is 2. The summed E-state index contributed by atoms with van der Waals surface area (Å²) in [6.45, 7) is 3.16. The normalized spacial score (nSPS) is 19.3. The molecule has 1 aromatic heterocycles.